The van der Waals surface area contributed by atoms with E-state index in [9.17, 15) is 4.79 Å². The van der Waals surface area contributed by atoms with Crippen LogP contribution in [0.25, 0.3) is 0 Å². The molecule has 20 heavy (non-hydrogen) atoms. The summed E-state index contributed by atoms with van der Waals surface area (Å²) in [6.07, 6.45) is 4.31. The topological polar surface area (TPSA) is 41.1 Å². The fraction of sp³-hybridized carbons (Fsp3) is 0.562. The molecule has 0 radical (unpaired) electrons. The fourth-order valence-corrected chi connectivity index (χ4v) is 3.77. The van der Waals surface area contributed by atoms with Crippen molar-refractivity contribution in [1.82, 2.24) is 10.6 Å². The standard InChI is InChI=1S/C16H21BrN2O/c1-2-14(10-3-5-11(17)6-4-10)19-16(20)13-9-12-7-8-15(13)18-12/h3-6,12-15,18H,2,7-9H2,1H3,(H,19,20). The van der Waals surface area contributed by atoms with Crippen molar-refractivity contribution in [1.29, 1.82) is 0 Å². The van der Waals surface area contributed by atoms with E-state index in [0.717, 1.165) is 23.7 Å². The molecule has 2 saturated heterocycles. The number of halogens is 1. The molecule has 3 nitrogen and oxygen atoms in total. The maximum absolute atomic E-state index is 12.5. The highest BCUT2D eigenvalue weighted by Gasteiger charge is 2.42. The molecule has 4 unspecified atom stereocenters. The highest BCUT2D eigenvalue weighted by atomic mass is 79.9. The van der Waals surface area contributed by atoms with Gasteiger partial charge in [-0.2, -0.15) is 0 Å². The third-order valence-corrected chi connectivity index (χ3v) is 5.16. The number of fused-ring (bicyclic) bond motifs is 2. The van der Waals surface area contributed by atoms with Gasteiger partial charge in [0, 0.05) is 16.6 Å². The largest absolute Gasteiger partial charge is 0.349 e. The maximum atomic E-state index is 12.5. The minimum atomic E-state index is 0.120. The smallest absolute Gasteiger partial charge is 0.225 e. The first-order valence-corrected chi connectivity index (χ1v) is 8.28. The third-order valence-electron chi connectivity index (χ3n) is 4.63. The molecule has 3 rings (SSSR count). The molecule has 0 aliphatic carbocycles. The van der Waals surface area contributed by atoms with E-state index in [1.54, 1.807) is 0 Å². The minimum absolute atomic E-state index is 0.120. The Bertz CT molecular complexity index is 488. The summed E-state index contributed by atoms with van der Waals surface area (Å²) in [5, 5.41) is 6.77. The lowest BCUT2D eigenvalue weighted by Gasteiger charge is -2.24. The SMILES string of the molecule is CCC(NC(=O)C1CC2CCC1N2)c1ccc(Br)cc1. The number of nitrogens with one attached hydrogen (secondary N) is 2. The first-order valence-electron chi connectivity index (χ1n) is 7.49. The predicted octanol–water partition coefficient (Wildman–Crippen LogP) is 3.16. The zero-order valence-electron chi connectivity index (χ0n) is 11.7. The summed E-state index contributed by atoms with van der Waals surface area (Å²) < 4.78 is 1.07. The van der Waals surface area contributed by atoms with E-state index >= 15 is 0 Å². The lowest BCUT2D eigenvalue weighted by Crippen LogP contribution is -2.39. The number of hydrogen-bond acceptors (Lipinski definition) is 2. The molecule has 1 aromatic carbocycles. The van der Waals surface area contributed by atoms with Crippen LogP contribution in [-0.2, 0) is 4.79 Å². The van der Waals surface area contributed by atoms with E-state index in [4.69, 9.17) is 0 Å². The Hall–Kier alpha value is -0.870. The van der Waals surface area contributed by atoms with Crippen LogP contribution < -0.4 is 10.6 Å². The van der Waals surface area contributed by atoms with Crippen LogP contribution in [0.4, 0.5) is 0 Å². The lowest BCUT2D eigenvalue weighted by molar-refractivity contribution is -0.126. The van der Waals surface area contributed by atoms with Crippen molar-refractivity contribution < 1.29 is 4.79 Å². The summed E-state index contributed by atoms with van der Waals surface area (Å²) in [4.78, 5) is 12.5. The second-order valence-electron chi connectivity index (χ2n) is 5.91. The quantitative estimate of drug-likeness (QED) is 0.886. The van der Waals surface area contributed by atoms with E-state index < -0.39 is 0 Å². The molecule has 0 spiro atoms. The van der Waals surface area contributed by atoms with E-state index in [2.05, 4.69) is 45.6 Å². The molecular weight excluding hydrogens is 316 g/mol. The van der Waals surface area contributed by atoms with Gasteiger partial charge in [0.2, 0.25) is 5.91 Å². The summed E-state index contributed by atoms with van der Waals surface area (Å²) in [7, 11) is 0. The number of benzene rings is 1. The Morgan fingerprint density at radius 3 is 2.70 bits per heavy atom. The van der Waals surface area contributed by atoms with Crippen LogP contribution in [-0.4, -0.2) is 18.0 Å². The minimum Gasteiger partial charge on any atom is -0.349 e. The van der Waals surface area contributed by atoms with Gasteiger partial charge in [-0.25, -0.2) is 0 Å². The van der Waals surface area contributed by atoms with E-state index in [0.29, 0.717) is 12.1 Å². The number of amides is 1. The summed E-state index contributed by atoms with van der Waals surface area (Å²) in [6.45, 7) is 2.12. The molecule has 2 aliphatic rings. The highest BCUT2D eigenvalue weighted by Crippen LogP contribution is 2.34. The average Bonchev–Trinajstić information content (AvgIpc) is 3.08. The van der Waals surface area contributed by atoms with Gasteiger partial charge in [0.25, 0.3) is 0 Å². The number of carbonyl (C=O) groups is 1. The Balaban J connectivity index is 1.65. The average molecular weight is 337 g/mol. The van der Waals surface area contributed by atoms with Gasteiger partial charge in [0.05, 0.1) is 12.0 Å². The molecule has 1 aromatic rings. The van der Waals surface area contributed by atoms with Gasteiger partial charge in [-0.15, -0.1) is 0 Å². The van der Waals surface area contributed by atoms with Gasteiger partial charge in [-0.3, -0.25) is 4.79 Å². The zero-order valence-corrected chi connectivity index (χ0v) is 13.3. The van der Waals surface area contributed by atoms with Crippen molar-refractivity contribution in [2.24, 2.45) is 5.92 Å². The molecule has 0 saturated carbocycles. The van der Waals surface area contributed by atoms with Crippen molar-refractivity contribution in [2.75, 3.05) is 0 Å². The fourth-order valence-electron chi connectivity index (χ4n) is 3.51. The maximum Gasteiger partial charge on any atom is 0.225 e. The predicted molar refractivity (Wildman–Crippen MR) is 83.4 cm³/mol. The molecule has 108 valence electrons. The molecule has 2 N–H and O–H groups in total. The van der Waals surface area contributed by atoms with E-state index in [-0.39, 0.29) is 17.9 Å². The van der Waals surface area contributed by atoms with Crippen molar-refractivity contribution in [3.8, 4) is 0 Å². The van der Waals surface area contributed by atoms with Gasteiger partial charge in [0.1, 0.15) is 0 Å². The van der Waals surface area contributed by atoms with Crippen molar-refractivity contribution in [3.05, 3.63) is 34.3 Å². The van der Waals surface area contributed by atoms with E-state index in [1.807, 2.05) is 12.1 Å². The number of hydrogen-bond donors (Lipinski definition) is 2. The molecule has 2 heterocycles. The number of rotatable bonds is 4. The molecular formula is C16H21BrN2O. The highest BCUT2D eigenvalue weighted by molar-refractivity contribution is 9.10. The van der Waals surface area contributed by atoms with Crippen molar-refractivity contribution >= 4 is 21.8 Å². The van der Waals surface area contributed by atoms with Gasteiger partial charge in [0.15, 0.2) is 0 Å². The third kappa shape index (κ3) is 2.77. The first-order chi connectivity index (χ1) is 9.67. The summed E-state index contributed by atoms with van der Waals surface area (Å²) in [6, 6.07) is 9.32. The second kappa shape index (κ2) is 5.86. The molecule has 2 fully saturated rings. The van der Waals surface area contributed by atoms with Crippen molar-refractivity contribution in [2.45, 2.75) is 50.7 Å². The van der Waals surface area contributed by atoms with Crippen LogP contribution in [0.15, 0.2) is 28.7 Å². The van der Waals surface area contributed by atoms with Crippen LogP contribution in [0.3, 0.4) is 0 Å². The first kappa shape index (κ1) is 14.1. The second-order valence-corrected chi connectivity index (χ2v) is 6.83. The van der Waals surface area contributed by atoms with Crippen LogP contribution in [0.1, 0.15) is 44.2 Å². The van der Waals surface area contributed by atoms with E-state index in [1.165, 1.54) is 12.0 Å². The van der Waals surface area contributed by atoms with Crippen LogP contribution in [0, 0.1) is 5.92 Å². The Morgan fingerprint density at radius 2 is 2.15 bits per heavy atom. The van der Waals surface area contributed by atoms with Crippen LogP contribution in [0.5, 0.6) is 0 Å². The van der Waals surface area contributed by atoms with Gasteiger partial charge >= 0.3 is 0 Å². The zero-order chi connectivity index (χ0) is 14.1. The van der Waals surface area contributed by atoms with Gasteiger partial charge in [-0.05, 0) is 43.4 Å². The molecule has 2 aliphatic heterocycles. The van der Waals surface area contributed by atoms with Gasteiger partial charge in [-0.1, -0.05) is 35.0 Å². The normalized spacial score (nSPS) is 29.4. The van der Waals surface area contributed by atoms with Gasteiger partial charge < -0.3 is 10.6 Å². The molecule has 4 heteroatoms. The monoisotopic (exact) mass is 336 g/mol. The Kier molecular flexibility index (Phi) is 4.13. The number of carbonyl (C=O) groups excluding carboxylic acids is 1. The molecule has 4 atom stereocenters. The van der Waals surface area contributed by atoms with Crippen molar-refractivity contribution in [3.63, 3.8) is 0 Å². The Labute approximate surface area is 128 Å². The molecule has 0 aromatic heterocycles. The lowest BCUT2D eigenvalue weighted by atomic mass is 9.88. The van der Waals surface area contributed by atoms with Crippen LogP contribution in [0.2, 0.25) is 0 Å². The van der Waals surface area contributed by atoms with Crippen LogP contribution >= 0.6 is 15.9 Å². The Morgan fingerprint density at radius 1 is 1.40 bits per heavy atom. The molecule has 1 amide bonds. The molecule has 2 bridgehead atoms. The summed E-state index contributed by atoms with van der Waals surface area (Å²) >= 11 is 3.45. The summed E-state index contributed by atoms with van der Waals surface area (Å²) in [5.74, 6) is 0.387. The summed E-state index contributed by atoms with van der Waals surface area (Å²) in [5.41, 5.74) is 1.18.